The molecule has 11 heteroatoms. The SMILES string of the molecule is CCNC(=O)[C@@H](C)N(Cc1ccccc1Cl)C(=O)CN(c1ccc(F)cc1)S(=O)(=O)c1ccc(OC)cc1. The van der Waals surface area contributed by atoms with Gasteiger partial charge in [-0.05, 0) is 74.0 Å². The fourth-order valence-electron chi connectivity index (χ4n) is 3.73. The highest BCUT2D eigenvalue weighted by Crippen LogP contribution is 2.26. The summed E-state index contributed by atoms with van der Waals surface area (Å²) in [4.78, 5) is 27.6. The van der Waals surface area contributed by atoms with Crippen LogP contribution in [0.15, 0.2) is 77.7 Å². The lowest BCUT2D eigenvalue weighted by atomic mass is 10.1. The van der Waals surface area contributed by atoms with Gasteiger partial charge in [-0.1, -0.05) is 29.8 Å². The highest BCUT2D eigenvalue weighted by Gasteiger charge is 2.32. The van der Waals surface area contributed by atoms with Gasteiger partial charge >= 0.3 is 0 Å². The van der Waals surface area contributed by atoms with Gasteiger partial charge in [0.25, 0.3) is 10.0 Å². The summed E-state index contributed by atoms with van der Waals surface area (Å²) in [6.07, 6.45) is 0. The molecule has 1 atom stereocenters. The van der Waals surface area contributed by atoms with E-state index < -0.39 is 40.2 Å². The second kappa shape index (κ2) is 12.7. The molecule has 3 rings (SSSR count). The molecule has 0 aliphatic rings. The van der Waals surface area contributed by atoms with Crippen molar-refractivity contribution in [2.24, 2.45) is 0 Å². The third-order valence-electron chi connectivity index (χ3n) is 5.86. The zero-order valence-electron chi connectivity index (χ0n) is 21.2. The smallest absolute Gasteiger partial charge is 0.264 e. The van der Waals surface area contributed by atoms with Crippen LogP contribution in [0, 0.1) is 5.82 Å². The summed E-state index contributed by atoms with van der Waals surface area (Å²) < 4.78 is 47.1. The van der Waals surface area contributed by atoms with Crippen molar-refractivity contribution in [2.75, 3.05) is 24.5 Å². The first-order chi connectivity index (χ1) is 18.1. The second-order valence-electron chi connectivity index (χ2n) is 8.35. The summed E-state index contributed by atoms with van der Waals surface area (Å²) in [5, 5.41) is 3.09. The number of benzene rings is 3. The lowest BCUT2D eigenvalue weighted by Crippen LogP contribution is -2.51. The Balaban J connectivity index is 2.03. The molecule has 3 aromatic carbocycles. The third kappa shape index (κ3) is 6.81. The van der Waals surface area contributed by atoms with Crippen LogP contribution in [0.3, 0.4) is 0 Å². The molecule has 0 saturated carbocycles. The standard InChI is InChI=1S/C27H29ClFN3O5S/c1-4-30-27(34)19(2)31(17-20-7-5-6-8-25(20)28)26(33)18-32(22-11-9-21(29)10-12-22)38(35,36)24-15-13-23(37-3)14-16-24/h5-16,19H,4,17-18H2,1-3H3,(H,30,34)/t19-/m1/s1. The normalized spacial score (nSPS) is 11.9. The van der Waals surface area contributed by atoms with Crippen LogP contribution in [-0.4, -0.2) is 51.4 Å². The van der Waals surface area contributed by atoms with Gasteiger partial charge in [-0.3, -0.25) is 13.9 Å². The van der Waals surface area contributed by atoms with E-state index in [2.05, 4.69) is 5.32 Å². The fraction of sp³-hybridized carbons (Fsp3) is 0.259. The van der Waals surface area contributed by atoms with Gasteiger partial charge in [0.2, 0.25) is 11.8 Å². The number of amides is 2. The molecule has 2 amide bonds. The number of likely N-dealkylation sites (N-methyl/N-ethyl adjacent to an activating group) is 1. The Bertz CT molecular complexity index is 1370. The van der Waals surface area contributed by atoms with Crippen LogP contribution in [0.4, 0.5) is 10.1 Å². The lowest BCUT2D eigenvalue weighted by molar-refractivity contribution is -0.139. The number of sulfonamides is 1. The van der Waals surface area contributed by atoms with Crippen LogP contribution in [0.5, 0.6) is 5.75 Å². The number of carbonyl (C=O) groups is 2. The van der Waals surface area contributed by atoms with Crippen molar-refractivity contribution in [3.63, 3.8) is 0 Å². The molecule has 3 aromatic rings. The minimum atomic E-state index is -4.28. The van der Waals surface area contributed by atoms with E-state index >= 15 is 0 Å². The van der Waals surface area contributed by atoms with Crippen LogP contribution >= 0.6 is 11.6 Å². The van der Waals surface area contributed by atoms with Gasteiger partial charge in [-0.15, -0.1) is 0 Å². The summed E-state index contributed by atoms with van der Waals surface area (Å²) in [6, 6.07) is 16.4. The predicted octanol–water partition coefficient (Wildman–Crippen LogP) is 4.24. The first-order valence-electron chi connectivity index (χ1n) is 11.8. The number of rotatable bonds is 11. The number of halogens is 2. The molecule has 0 bridgehead atoms. The Labute approximate surface area is 227 Å². The fourth-order valence-corrected chi connectivity index (χ4v) is 5.34. The third-order valence-corrected chi connectivity index (χ3v) is 8.01. The summed E-state index contributed by atoms with van der Waals surface area (Å²) in [7, 11) is -2.82. The number of carbonyl (C=O) groups excluding carboxylic acids is 2. The lowest BCUT2D eigenvalue weighted by Gasteiger charge is -2.32. The Morgan fingerprint density at radius 2 is 1.66 bits per heavy atom. The number of nitrogens with one attached hydrogen (secondary N) is 1. The Hall–Kier alpha value is -3.63. The van der Waals surface area contributed by atoms with Crippen molar-refractivity contribution in [2.45, 2.75) is 31.3 Å². The molecular formula is C27H29ClFN3O5S. The van der Waals surface area contributed by atoms with Crippen molar-refractivity contribution < 1.29 is 27.1 Å². The molecule has 1 N–H and O–H groups in total. The maximum absolute atomic E-state index is 13.7. The minimum absolute atomic E-state index is 0.0311. The van der Waals surface area contributed by atoms with E-state index in [-0.39, 0.29) is 17.1 Å². The second-order valence-corrected chi connectivity index (χ2v) is 10.6. The largest absolute Gasteiger partial charge is 0.497 e. The minimum Gasteiger partial charge on any atom is -0.497 e. The molecule has 38 heavy (non-hydrogen) atoms. The van der Waals surface area contributed by atoms with E-state index in [4.69, 9.17) is 16.3 Å². The number of methoxy groups -OCH3 is 1. The molecule has 0 aliphatic carbocycles. The summed E-state index contributed by atoms with van der Waals surface area (Å²) >= 11 is 6.32. The molecule has 0 unspecified atom stereocenters. The molecule has 8 nitrogen and oxygen atoms in total. The molecule has 202 valence electrons. The maximum atomic E-state index is 13.7. The quantitative estimate of drug-likeness (QED) is 0.378. The summed E-state index contributed by atoms with van der Waals surface area (Å²) in [5.41, 5.74) is 0.670. The van der Waals surface area contributed by atoms with Gasteiger partial charge in [0.05, 0.1) is 17.7 Å². The number of nitrogens with zero attached hydrogens (tertiary/aromatic N) is 2. The first-order valence-corrected chi connectivity index (χ1v) is 13.6. The zero-order valence-corrected chi connectivity index (χ0v) is 22.8. The highest BCUT2D eigenvalue weighted by molar-refractivity contribution is 7.92. The van der Waals surface area contributed by atoms with Crippen molar-refractivity contribution in [1.82, 2.24) is 10.2 Å². The molecule has 0 radical (unpaired) electrons. The van der Waals surface area contributed by atoms with Gasteiger partial charge < -0.3 is 15.0 Å². The predicted molar refractivity (Wildman–Crippen MR) is 144 cm³/mol. The summed E-state index contributed by atoms with van der Waals surface area (Å²) in [6.45, 7) is 2.98. The number of anilines is 1. The van der Waals surface area contributed by atoms with E-state index in [1.54, 1.807) is 38.1 Å². The van der Waals surface area contributed by atoms with E-state index in [1.807, 2.05) is 0 Å². The van der Waals surface area contributed by atoms with Crippen molar-refractivity contribution in [3.8, 4) is 5.75 Å². The monoisotopic (exact) mass is 561 g/mol. The average molecular weight is 562 g/mol. The Morgan fingerprint density at radius 3 is 2.24 bits per heavy atom. The highest BCUT2D eigenvalue weighted by atomic mass is 35.5. The van der Waals surface area contributed by atoms with Gasteiger partial charge in [-0.2, -0.15) is 0 Å². The van der Waals surface area contributed by atoms with Gasteiger partial charge in [0, 0.05) is 18.1 Å². The molecule has 0 fully saturated rings. The van der Waals surface area contributed by atoms with Crippen molar-refractivity contribution >= 4 is 39.1 Å². The van der Waals surface area contributed by atoms with E-state index in [0.717, 1.165) is 16.4 Å². The molecule has 0 spiro atoms. The first kappa shape index (κ1) is 28.9. The van der Waals surface area contributed by atoms with Crippen LogP contribution in [0.1, 0.15) is 19.4 Å². The topological polar surface area (TPSA) is 96.0 Å². The van der Waals surface area contributed by atoms with Crippen molar-refractivity contribution in [3.05, 3.63) is 89.2 Å². The Morgan fingerprint density at radius 1 is 1.03 bits per heavy atom. The molecular weight excluding hydrogens is 533 g/mol. The van der Waals surface area contributed by atoms with E-state index in [1.165, 1.54) is 48.4 Å². The van der Waals surface area contributed by atoms with Crippen molar-refractivity contribution in [1.29, 1.82) is 0 Å². The van der Waals surface area contributed by atoms with Crippen LogP contribution < -0.4 is 14.4 Å². The number of ether oxygens (including phenoxy) is 1. The van der Waals surface area contributed by atoms with Crippen LogP contribution in [-0.2, 0) is 26.2 Å². The molecule has 0 aromatic heterocycles. The number of hydrogen-bond acceptors (Lipinski definition) is 5. The van der Waals surface area contributed by atoms with E-state index in [0.29, 0.717) is 22.9 Å². The number of hydrogen-bond donors (Lipinski definition) is 1. The van der Waals surface area contributed by atoms with Gasteiger partial charge in [0.1, 0.15) is 24.2 Å². The van der Waals surface area contributed by atoms with Gasteiger partial charge in [0.15, 0.2) is 0 Å². The maximum Gasteiger partial charge on any atom is 0.264 e. The zero-order chi connectivity index (χ0) is 27.9. The molecule has 0 heterocycles. The Kier molecular flexibility index (Phi) is 9.71. The summed E-state index contributed by atoms with van der Waals surface area (Å²) in [5.74, 6) is -1.16. The van der Waals surface area contributed by atoms with Crippen LogP contribution in [0.2, 0.25) is 5.02 Å². The molecule has 0 aliphatic heterocycles. The van der Waals surface area contributed by atoms with Gasteiger partial charge in [-0.25, -0.2) is 12.8 Å². The average Bonchev–Trinajstić information content (AvgIpc) is 2.91. The van der Waals surface area contributed by atoms with E-state index in [9.17, 15) is 22.4 Å². The molecule has 0 saturated heterocycles. The van der Waals surface area contributed by atoms with Crippen LogP contribution in [0.25, 0.3) is 0 Å².